The van der Waals surface area contributed by atoms with Gasteiger partial charge in [-0.2, -0.15) is 0 Å². The van der Waals surface area contributed by atoms with E-state index in [2.05, 4.69) is 10.6 Å². The van der Waals surface area contributed by atoms with Crippen molar-refractivity contribution < 1.29 is 9.53 Å². The van der Waals surface area contributed by atoms with Gasteiger partial charge in [0.2, 0.25) is 5.91 Å². The third kappa shape index (κ3) is 4.35. The predicted molar refractivity (Wildman–Crippen MR) is 80.2 cm³/mol. The fourth-order valence-corrected chi connectivity index (χ4v) is 2.45. The second-order valence-electron chi connectivity index (χ2n) is 4.89. The topological polar surface area (TPSA) is 50.4 Å². The summed E-state index contributed by atoms with van der Waals surface area (Å²) < 4.78 is 5.33. The lowest BCUT2D eigenvalue weighted by molar-refractivity contribution is -0.122. The fraction of sp³-hybridized carbons (Fsp3) is 0.500. The molecule has 0 saturated carbocycles. The van der Waals surface area contributed by atoms with E-state index in [-0.39, 0.29) is 18.0 Å². The van der Waals surface area contributed by atoms with E-state index in [0.29, 0.717) is 29.7 Å². The van der Waals surface area contributed by atoms with Crippen molar-refractivity contribution in [2.45, 2.75) is 25.4 Å². The number of nitrogens with one attached hydrogen (secondary N) is 2. The average Bonchev–Trinajstić information content (AvgIpc) is 2.42. The maximum atomic E-state index is 12.0. The van der Waals surface area contributed by atoms with Crippen molar-refractivity contribution >= 4 is 29.1 Å². The van der Waals surface area contributed by atoms with Gasteiger partial charge in [0.1, 0.15) is 0 Å². The lowest BCUT2D eigenvalue weighted by atomic mass is 10.1. The maximum Gasteiger partial charge on any atom is 0.222 e. The molecule has 0 aromatic heterocycles. The van der Waals surface area contributed by atoms with Crippen LogP contribution in [-0.4, -0.2) is 31.7 Å². The van der Waals surface area contributed by atoms with Gasteiger partial charge in [-0.05, 0) is 24.6 Å². The minimum absolute atomic E-state index is 0.00780. The van der Waals surface area contributed by atoms with E-state index in [0.717, 1.165) is 12.1 Å². The first-order valence-electron chi connectivity index (χ1n) is 6.61. The van der Waals surface area contributed by atoms with Gasteiger partial charge in [0, 0.05) is 19.0 Å². The summed E-state index contributed by atoms with van der Waals surface area (Å²) in [5.74, 6) is -0.00780. The Bertz CT molecular complexity index is 476. The standard InChI is InChI=1S/C14H18Cl2N2O2/c1-9(10-2-3-12(15)13(16)6-10)18-14(19)7-11-8-20-5-4-17-11/h2-3,6,9,11,17H,4-5,7-8H2,1H3,(H,18,19). The molecule has 1 saturated heterocycles. The van der Waals surface area contributed by atoms with Crippen molar-refractivity contribution in [2.75, 3.05) is 19.8 Å². The molecule has 4 nitrogen and oxygen atoms in total. The second-order valence-corrected chi connectivity index (χ2v) is 5.71. The Hall–Kier alpha value is -0.810. The van der Waals surface area contributed by atoms with Crippen LogP contribution in [0, 0.1) is 0 Å². The molecule has 6 heteroatoms. The SMILES string of the molecule is CC(NC(=O)CC1COCCN1)c1ccc(Cl)c(Cl)c1. The van der Waals surface area contributed by atoms with E-state index in [1.54, 1.807) is 12.1 Å². The number of rotatable bonds is 4. The lowest BCUT2D eigenvalue weighted by Crippen LogP contribution is -2.44. The van der Waals surface area contributed by atoms with Gasteiger partial charge in [0.05, 0.1) is 29.3 Å². The number of halogens is 2. The number of carbonyl (C=O) groups excluding carboxylic acids is 1. The summed E-state index contributed by atoms with van der Waals surface area (Å²) in [6.07, 6.45) is 0.408. The normalized spacial score (nSPS) is 20.4. The van der Waals surface area contributed by atoms with E-state index >= 15 is 0 Å². The summed E-state index contributed by atoms with van der Waals surface area (Å²) in [5, 5.41) is 7.21. The molecule has 1 amide bonds. The van der Waals surface area contributed by atoms with Gasteiger partial charge < -0.3 is 15.4 Å². The summed E-state index contributed by atoms with van der Waals surface area (Å²) in [6, 6.07) is 5.35. The zero-order valence-electron chi connectivity index (χ0n) is 11.3. The van der Waals surface area contributed by atoms with Crippen molar-refractivity contribution in [1.29, 1.82) is 0 Å². The highest BCUT2D eigenvalue weighted by molar-refractivity contribution is 6.42. The van der Waals surface area contributed by atoms with Crippen molar-refractivity contribution in [3.05, 3.63) is 33.8 Å². The molecule has 2 atom stereocenters. The number of hydrogen-bond acceptors (Lipinski definition) is 3. The van der Waals surface area contributed by atoms with Crippen LogP contribution in [-0.2, 0) is 9.53 Å². The van der Waals surface area contributed by atoms with Gasteiger partial charge in [-0.25, -0.2) is 0 Å². The van der Waals surface area contributed by atoms with Crippen LogP contribution in [0.4, 0.5) is 0 Å². The largest absolute Gasteiger partial charge is 0.378 e. The van der Waals surface area contributed by atoms with Crippen LogP contribution in [0.25, 0.3) is 0 Å². The Kier molecular flexibility index (Phi) is 5.66. The number of hydrogen-bond donors (Lipinski definition) is 2. The van der Waals surface area contributed by atoms with Crippen molar-refractivity contribution in [3.63, 3.8) is 0 Å². The molecule has 0 bridgehead atoms. The quantitative estimate of drug-likeness (QED) is 0.897. The molecule has 1 aliphatic rings. The highest BCUT2D eigenvalue weighted by Gasteiger charge is 2.18. The minimum Gasteiger partial charge on any atom is -0.378 e. The van der Waals surface area contributed by atoms with E-state index in [1.165, 1.54) is 0 Å². The third-order valence-electron chi connectivity index (χ3n) is 3.25. The number of amides is 1. The predicted octanol–water partition coefficient (Wildman–Crippen LogP) is 2.55. The number of carbonyl (C=O) groups is 1. The summed E-state index contributed by atoms with van der Waals surface area (Å²) >= 11 is 11.9. The molecule has 20 heavy (non-hydrogen) atoms. The number of ether oxygens (including phenoxy) is 1. The molecule has 2 unspecified atom stereocenters. The minimum atomic E-state index is -0.109. The fourth-order valence-electron chi connectivity index (χ4n) is 2.14. The highest BCUT2D eigenvalue weighted by Crippen LogP contribution is 2.25. The van der Waals surface area contributed by atoms with E-state index in [1.807, 2.05) is 13.0 Å². The number of morpholine rings is 1. The molecular formula is C14H18Cl2N2O2. The van der Waals surface area contributed by atoms with E-state index in [4.69, 9.17) is 27.9 Å². The Morgan fingerprint density at radius 3 is 2.95 bits per heavy atom. The van der Waals surface area contributed by atoms with Gasteiger partial charge in [0.15, 0.2) is 0 Å². The first-order valence-corrected chi connectivity index (χ1v) is 7.37. The van der Waals surface area contributed by atoms with Gasteiger partial charge in [0.25, 0.3) is 0 Å². The monoisotopic (exact) mass is 316 g/mol. The van der Waals surface area contributed by atoms with Crippen molar-refractivity contribution in [1.82, 2.24) is 10.6 Å². The van der Waals surface area contributed by atoms with Crippen LogP contribution in [0.2, 0.25) is 10.0 Å². The van der Waals surface area contributed by atoms with Crippen LogP contribution >= 0.6 is 23.2 Å². The third-order valence-corrected chi connectivity index (χ3v) is 3.99. The molecule has 0 radical (unpaired) electrons. The molecule has 2 N–H and O–H groups in total. The molecule has 1 aliphatic heterocycles. The maximum absolute atomic E-state index is 12.0. The molecule has 0 spiro atoms. The zero-order valence-corrected chi connectivity index (χ0v) is 12.8. The Balaban J connectivity index is 1.87. The molecule has 1 heterocycles. The molecule has 1 aromatic carbocycles. The van der Waals surface area contributed by atoms with Crippen LogP contribution in [0.3, 0.4) is 0 Å². The molecular weight excluding hydrogens is 299 g/mol. The first kappa shape index (κ1) is 15.6. The summed E-state index contributed by atoms with van der Waals surface area (Å²) in [4.78, 5) is 12.0. The molecule has 110 valence electrons. The Morgan fingerprint density at radius 1 is 1.50 bits per heavy atom. The molecule has 0 aliphatic carbocycles. The van der Waals surface area contributed by atoms with Gasteiger partial charge in [-0.1, -0.05) is 29.3 Å². The van der Waals surface area contributed by atoms with Crippen molar-refractivity contribution in [3.8, 4) is 0 Å². The zero-order chi connectivity index (χ0) is 14.5. The lowest BCUT2D eigenvalue weighted by Gasteiger charge is -2.24. The van der Waals surface area contributed by atoms with E-state index < -0.39 is 0 Å². The van der Waals surface area contributed by atoms with Crippen LogP contribution in [0.1, 0.15) is 24.9 Å². The Morgan fingerprint density at radius 2 is 2.30 bits per heavy atom. The van der Waals surface area contributed by atoms with Gasteiger partial charge in [-0.3, -0.25) is 4.79 Å². The van der Waals surface area contributed by atoms with Crippen LogP contribution in [0.5, 0.6) is 0 Å². The smallest absolute Gasteiger partial charge is 0.222 e. The van der Waals surface area contributed by atoms with Gasteiger partial charge in [-0.15, -0.1) is 0 Å². The molecule has 1 fully saturated rings. The van der Waals surface area contributed by atoms with E-state index in [9.17, 15) is 4.79 Å². The summed E-state index contributed by atoms with van der Waals surface area (Å²) in [5.41, 5.74) is 0.931. The molecule has 2 rings (SSSR count). The van der Waals surface area contributed by atoms with Crippen molar-refractivity contribution in [2.24, 2.45) is 0 Å². The molecule has 1 aromatic rings. The van der Waals surface area contributed by atoms with Crippen LogP contribution < -0.4 is 10.6 Å². The Labute approximate surface area is 128 Å². The second kappa shape index (κ2) is 7.27. The summed E-state index contributed by atoms with van der Waals surface area (Å²) in [7, 11) is 0. The number of benzene rings is 1. The highest BCUT2D eigenvalue weighted by atomic mass is 35.5. The van der Waals surface area contributed by atoms with Crippen LogP contribution in [0.15, 0.2) is 18.2 Å². The first-order chi connectivity index (χ1) is 9.56. The summed E-state index contributed by atoms with van der Waals surface area (Å²) in [6.45, 7) is 3.99. The van der Waals surface area contributed by atoms with Gasteiger partial charge >= 0.3 is 0 Å². The average molecular weight is 317 g/mol.